The molecule has 1 atom stereocenters. The molecule has 1 saturated carbocycles. The molecule has 0 bridgehead atoms. The van der Waals surface area contributed by atoms with Crippen molar-refractivity contribution in [1.29, 1.82) is 0 Å². The van der Waals surface area contributed by atoms with Crippen molar-refractivity contribution in [3.63, 3.8) is 0 Å². The summed E-state index contributed by atoms with van der Waals surface area (Å²) in [4.78, 5) is 17.9. The molecule has 0 radical (unpaired) electrons. The number of methoxy groups -OCH3 is 1. The molecule has 0 saturated heterocycles. The molecule has 25 heavy (non-hydrogen) atoms. The van der Waals surface area contributed by atoms with Gasteiger partial charge in [-0.15, -0.1) is 11.3 Å². The van der Waals surface area contributed by atoms with Crippen LogP contribution in [-0.2, 0) is 4.79 Å². The summed E-state index contributed by atoms with van der Waals surface area (Å²) in [6.07, 6.45) is 2.58. The van der Waals surface area contributed by atoms with Crippen LogP contribution in [0.2, 0.25) is 0 Å². The van der Waals surface area contributed by atoms with Gasteiger partial charge >= 0.3 is 0 Å². The average Bonchev–Trinajstić information content (AvgIpc) is 3.34. The van der Waals surface area contributed by atoms with Gasteiger partial charge in [-0.05, 0) is 63.4 Å². The smallest absolute Gasteiger partial charge is 0.234 e. The first-order valence-corrected chi connectivity index (χ1v) is 9.50. The molecule has 1 aliphatic carbocycles. The number of carbonyl (C=O) groups is 1. The van der Waals surface area contributed by atoms with E-state index < -0.39 is 0 Å². The molecule has 6 heteroatoms. The maximum atomic E-state index is 12.1. The van der Waals surface area contributed by atoms with Gasteiger partial charge in [0.2, 0.25) is 5.91 Å². The highest BCUT2D eigenvalue weighted by atomic mass is 32.1. The number of aromatic nitrogens is 1. The Balaban J connectivity index is 1.60. The molecule has 1 aliphatic rings. The summed E-state index contributed by atoms with van der Waals surface area (Å²) in [7, 11) is 1.66. The molecule has 0 spiro atoms. The summed E-state index contributed by atoms with van der Waals surface area (Å²) in [6, 6.07) is 7.84. The molecule has 1 unspecified atom stereocenters. The van der Waals surface area contributed by atoms with Gasteiger partial charge in [0.15, 0.2) is 0 Å². The number of nitrogens with one attached hydrogen (secondary N) is 2. The maximum Gasteiger partial charge on any atom is 0.234 e. The number of hydrogen-bond acceptors (Lipinski definition) is 5. The predicted molar refractivity (Wildman–Crippen MR) is 101 cm³/mol. The highest BCUT2D eigenvalue weighted by molar-refractivity contribution is 7.15. The van der Waals surface area contributed by atoms with Crippen LogP contribution in [0.5, 0.6) is 5.75 Å². The minimum Gasteiger partial charge on any atom is -0.497 e. The molecule has 0 aliphatic heterocycles. The number of rotatable bonds is 8. The van der Waals surface area contributed by atoms with Crippen LogP contribution in [0.25, 0.3) is 10.6 Å². The van der Waals surface area contributed by atoms with Crippen molar-refractivity contribution in [2.24, 2.45) is 5.92 Å². The third kappa shape index (κ3) is 4.80. The SMILES string of the molecule is COc1ccc(-c2nc(C)c(C(C)NC(=O)CNCC3CC3)s2)cc1. The molecule has 1 aromatic carbocycles. The van der Waals surface area contributed by atoms with Crippen LogP contribution < -0.4 is 15.4 Å². The van der Waals surface area contributed by atoms with Crippen molar-refractivity contribution in [2.75, 3.05) is 20.2 Å². The second-order valence-electron chi connectivity index (χ2n) is 6.56. The Morgan fingerprint density at radius 2 is 2.08 bits per heavy atom. The van der Waals surface area contributed by atoms with Crippen molar-refractivity contribution >= 4 is 17.2 Å². The van der Waals surface area contributed by atoms with Crippen LogP contribution >= 0.6 is 11.3 Å². The first kappa shape index (κ1) is 17.9. The minimum atomic E-state index is -0.0419. The van der Waals surface area contributed by atoms with Gasteiger partial charge in [0.05, 0.1) is 30.3 Å². The number of benzene rings is 1. The zero-order valence-corrected chi connectivity index (χ0v) is 15.8. The van der Waals surface area contributed by atoms with Crippen LogP contribution in [0.3, 0.4) is 0 Å². The fourth-order valence-corrected chi connectivity index (χ4v) is 3.81. The monoisotopic (exact) mass is 359 g/mol. The zero-order chi connectivity index (χ0) is 17.8. The highest BCUT2D eigenvalue weighted by Gasteiger charge is 2.21. The van der Waals surface area contributed by atoms with E-state index in [1.165, 1.54) is 12.8 Å². The standard InChI is InChI=1S/C19H25N3O2S/c1-12(21-17(23)11-20-10-14-4-5-14)18-13(2)22-19(25-18)15-6-8-16(24-3)9-7-15/h6-9,12,14,20H,4-5,10-11H2,1-3H3,(H,21,23). The van der Waals surface area contributed by atoms with E-state index in [0.717, 1.165) is 39.4 Å². The van der Waals surface area contributed by atoms with Gasteiger partial charge < -0.3 is 15.4 Å². The number of aryl methyl sites for hydroxylation is 1. The van der Waals surface area contributed by atoms with Crippen LogP contribution in [0.1, 0.15) is 36.4 Å². The fraction of sp³-hybridized carbons (Fsp3) is 0.474. The van der Waals surface area contributed by atoms with E-state index in [1.807, 2.05) is 38.1 Å². The Hall–Kier alpha value is -1.92. The molecule has 2 N–H and O–H groups in total. The van der Waals surface area contributed by atoms with E-state index >= 15 is 0 Å². The third-order valence-electron chi connectivity index (χ3n) is 4.36. The van der Waals surface area contributed by atoms with Crippen molar-refractivity contribution < 1.29 is 9.53 Å². The van der Waals surface area contributed by atoms with Crippen molar-refractivity contribution in [3.8, 4) is 16.3 Å². The van der Waals surface area contributed by atoms with Gasteiger partial charge in [-0.1, -0.05) is 0 Å². The Morgan fingerprint density at radius 3 is 2.72 bits per heavy atom. The summed E-state index contributed by atoms with van der Waals surface area (Å²) in [5.41, 5.74) is 2.03. The van der Waals surface area contributed by atoms with E-state index in [1.54, 1.807) is 18.4 Å². The largest absolute Gasteiger partial charge is 0.497 e. The summed E-state index contributed by atoms with van der Waals surface area (Å²) in [5.74, 6) is 1.64. The highest BCUT2D eigenvalue weighted by Crippen LogP contribution is 2.32. The van der Waals surface area contributed by atoms with Gasteiger partial charge in [-0.2, -0.15) is 0 Å². The van der Waals surface area contributed by atoms with Crippen molar-refractivity contribution in [2.45, 2.75) is 32.7 Å². The molecular formula is C19H25N3O2S. The number of amides is 1. The Kier molecular flexibility index (Phi) is 5.71. The van der Waals surface area contributed by atoms with Gasteiger partial charge in [-0.25, -0.2) is 4.98 Å². The lowest BCUT2D eigenvalue weighted by Gasteiger charge is -2.13. The summed E-state index contributed by atoms with van der Waals surface area (Å²) >= 11 is 1.63. The van der Waals surface area contributed by atoms with Gasteiger partial charge in [0.1, 0.15) is 10.8 Å². The number of ether oxygens (including phenoxy) is 1. The van der Waals surface area contributed by atoms with Crippen molar-refractivity contribution in [1.82, 2.24) is 15.6 Å². The Bertz CT molecular complexity index is 723. The fourth-order valence-electron chi connectivity index (χ4n) is 2.74. The molecule has 1 heterocycles. The van der Waals surface area contributed by atoms with Crippen LogP contribution in [-0.4, -0.2) is 31.1 Å². The first-order valence-electron chi connectivity index (χ1n) is 8.68. The number of thiazole rings is 1. The topological polar surface area (TPSA) is 63.2 Å². The average molecular weight is 359 g/mol. The van der Waals surface area contributed by atoms with Crippen molar-refractivity contribution in [3.05, 3.63) is 34.8 Å². The molecule has 1 aromatic heterocycles. The van der Waals surface area contributed by atoms with E-state index in [0.29, 0.717) is 6.54 Å². The quantitative estimate of drug-likeness (QED) is 0.759. The third-order valence-corrected chi connectivity index (χ3v) is 5.74. The molecule has 1 amide bonds. The van der Waals surface area contributed by atoms with E-state index in [-0.39, 0.29) is 11.9 Å². The van der Waals surface area contributed by atoms with E-state index in [9.17, 15) is 4.79 Å². The number of nitrogens with zero attached hydrogens (tertiary/aromatic N) is 1. The van der Waals surface area contributed by atoms with Crippen LogP contribution in [0.15, 0.2) is 24.3 Å². The second kappa shape index (κ2) is 7.97. The summed E-state index contributed by atoms with van der Waals surface area (Å²) < 4.78 is 5.20. The summed E-state index contributed by atoms with van der Waals surface area (Å²) in [5, 5.41) is 7.25. The summed E-state index contributed by atoms with van der Waals surface area (Å²) in [6.45, 7) is 5.33. The zero-order valence-electron chi connectivity index (χ0n) is 15.0. The number of carbonyl (C=O) groups excluding carboxylic acids is 1. The molecule has 3 rings (SSSR count). The lowest BCUT2D eigenvalue weighted by Crippen LogP contribution is -2.36. The molecule has 5 nitrogen and oxygen atoms in total. The van der Waals surface area contributed by atoms with Gasteiger partial charge in [0, 0.05) is 5.56 Å². The number of hydrogen-bond donors (Lipinski definition) is 2. The molecule has 1 fully saturated rings. The van der Waals surface area contributed by atoms with Crippen LogP contribution in [0.4, 0.5) is 0 Å². The Morgan fingerprint density at radius 1 is 1.36 bits per heavy atom. The molecule has 2 aromatic rings. The molecule has 134 valence electrons. The van der Waals surface area contributed by atoms with Gasteiger partial charge in [0.25, 0.3) is 0 Å². The lowest BCUT2D eigenvalue weighted by molar-refractivity contribution is -0.120. The Labute approximate surface area is 152 Å². The molecular weight excluding hydrogens is 334 g/mol. The minimum absolute atomic E-state index is 0.0342. The van der Waals surface area contributed by atoms with E-state index in [4.69, 9.17) is 4.74 Å². The predicted octanol–water partition coefficient (Wildman–Crippen LogP) is 3.30. The normalized spacial score (nSPS) is 15.0. The maximum absolute atomic E-state index is 12.1. The lowest BCUT2D eigenvalue weighted by atomic mass is 10.2. The van der Waals surface area contributed by atoms with Gasteiger partial charge in [-0.3, -0.25) is 4.79 Å². The van der Waals surface area contributed by atoms with Crippen LogP contribution in [0, 0.1) is 12.8 Å². The second-order valence-corrected chi connectivity index (χ2v) is 7.59. The van der Waals surface area contributed by atoms with E-state index in [2.05, 4.69) is 15.6 Å². The first-order chi connectivity index (χ1) is 12.1.